The van der Waals surface area contributed by atoms with E-state index >= 15 is 0 Å². The molecule has 1 aromatic rings. The van der Waals surface area contributed by atoms with Gasteiger partial charge in [-0.2, -0.15) is 0 Å². The molecule has 0 aliphatic carbocycles. The van der Waals surface area contributed by atoms with Crippen molar-refractivity contribution in [3.8, 4) is 0 Å². The van der Waals surface area contributed by atoms with Crippen LogP contribution in [0.4, 0.5) is 5.69 Å². The number of anilines is 1. The zero-order valence-electron chi connectivity index (χ0n) is 10.4. The number of hydrogen-bond donors (Lipinski definition) is 0. The predicted octanol–water partition coefficient (Wildman–Crippen LogP) is 1.42. The topological polar surface area (TPSA) is 63.2 Å². The smallest absolute Gasteiger partial charge is 0.227 e. The lowest BCUT2D eigenvalue weighted by Gasteiger charge is -2.17. The van der Waals surface area contributed by atoms with Gasteiger partial charge < -0.3 is 4.90 Å². The molecule has 1 aromatic heterocycles. The summed E-state index contributed by atoms with van der Waals surface area (Å²) in [4.78, 5) is 32.7. The van der Waals surface area contributed by atoms with Crippen molar-refractivity contribution in [2.45, 2.75) is 20.3 Å². The van der Waals surface area contributed by atoms with Crippen molar-refractivity contribution >= 4 is 28.5 Å². The predicted molar refractivity (Wildman–Crippen MR) is 70.4 cm³/mol. The second-order valence-electron chi connectivity index (χ2n) is 4.37. The third-order valence-corrected chi connectivity index (χ3v) is 3.95. The molecule has 0 spiro atoms. The van der Waals surface area contributed by atoms with Gasteiger partial charge in [0, 0.05) is 25.6 Å². The van der Waals surface area contributed by atoms with Crippen LogP contribution < -0.4 is 4.90 Å². The molecule has 1 saturated heterocycles. The van der Waals surface area contributed by atoms with E-state index in [4.69, 9.17) is 0 Å². The van der Waals surface area contributed by atoms with Gasteiger partial charge in [-0.1, -0.05) is 11.8 Å². The first-order valence-corrected chi connectivity index (χ1v) is 6.77. The molecule has 18 heavy (non-hydrogen) atoms. The van der Waals surface area contributed by atoms with Gasteiger partial charge in [0.15, 0.2) is 5.12 Å². The van der Waals surface area contributed by atoms with Crippen LogP contribution in [0.25, 0.3) is 0 Å². The van der Waals surface area contributed by atoms with Gasteiger partial charge in [0.1, 0.15) is 6.33 Å². The quantitative estimate of drug-likeness (QED) is 0.827. The van der Waals surface area contributed by atoms with Crippen molar-refractivity contribution in [2.75, 3.05) is 17.2 Å². The van der Waals surface area contributed by atoms with Gasteiger partial charge >= 0.3 is 0 Å². The molecule has 0 radical (unpaired) electrons. The van der Waals surface area contributed by atoms with Crippen LogP contribution in [0.5, 0.6) is 0 Å². The van der Waals surface area contributed by atoms with Gasteiger partial charge in [0.25, 0.3) is 0 Å². The maximum absolute atomic E-state index is 12.0. The summed E-state index contributed by atoms with van der Waals surface area (Å²) in [7, 11) is 0. The summed E-state index contributed by atoms with van der Waals surface area (Å²) in [6.07, 6.45) is 3.64. The van der Waals surface area contributed by atoms with Crippen molar-refractivity contribution in [3.05, 3.63) is 18.2 Å². The molecule has 96 valence electrons. The van der Waals surface area contributed by atoms with E-state index in [9.17, 15) is 9.59 Å². The van der Waals surface area contributed by atoms with Gasteiger partial charge in [0.05, 0.1) is 17.6 Å². The second kappa shape index (κ2) is 5.48. The zero-order valence-corrected chi connectivity index (χ0v) is 11.2. The molecule has 0 aromatic carbocycles. The Morgan fingerprint density at radius 1 is 1.61 bits per heavy atom. The Labute approximate surface area is 110 Å². The maximum Gasteiger partial charge on any atom is 0.227 e. The van der Waals surface area contributed by atoms with E-state index < -0.39 is 0 Å². The molecule has 1 amide bonds. The third-order valence-electron chi connectivity index (χ3n) is 2.90. The average molecular weight is 265 g/mol. The van der Waals surface area contributed by atoms with E-state index in [1.54, 1.807) is 18.0 Å². The van der Waals surface area contributed by atoms with Crippen LogP contribution in [0.15, 0.2) is 12.5 Å². The number of hydrogen-bond acceptors (Lipinski definition) is 5. The summed E-state index contributed by atoms with van der Waals surface area (Å²) in [5.41, 5.74) is 1.58. The number of nitrogens with zero attached hydrogens (tertiary/aromatic N) is 3. The van der Waals surface area contributed by atoms with Gasteiger partial charge in [-0.15, -0.1) is 0 Å². The number of rotatable bonds is 3. The number of amides is 1. The first-order valence-electron chi connectivity index (χ1n) is 5.78. The van der Waals surface area contributed by atoms with Crippen LogP contribution in [0, 0.1) is 12.8 Å². The lowest BCUT2D eigenvalue weighted by Crippen LogP contribution is -2.26. The van der Waals surface area contributed by atoms with Crippen LogP contribution >= 0.6 is 11.8 Å². The van der Waals surface area contributed by atoms with Crippen LogP contribution in [0.2, 0.25) is 0 Å². The molecule has 6 heteroatoms. The Bertz CT molecular complexity index is 478. The minimum absolute atomic E-state index is 0.0852. The van der Waals surface area contributed by atoms with E-state index in [-0.39, 0.29) is 16.9 Å². The van der Waals surface area contributed by atoms with Gasteiger partial charge in [-0.05, 0) is 12.8 Å². The zero-order chi connectivity index (χ0) is 13.1. The minimum Gasteiger partial charge on any atom is -0.309 e. The number of aryl methyl sites for hydroxylation is 1. The van der Waals surface area contributed by atoms with E-state index in [2.05, 4.69) is 9.97 Å². The second-order valence-corrected chi connectivity index (χ2v) is 5.57. The van der Waals surface area contributed by atoms with Crippen molar-refractivity contribution in [1.29, 1.82) is 0 Å². The van der Waals surface area contributed by atoms with Crippen molar-refractivity contribution in [1.82, 2.24) is 9.97 Å². The fraction of sp³-hybridized carbons (Fsp3) is 0.500. The fourth-order valence-electron chi connectivity index (χ4n) is 2.01. The lowest BCUT2D eigenvalue weighted by atomic mass is 10.1. The summed E-state index contributed by atoms with van der Waals surface area (Å²) < 4.78 is 0. The molecule has 1 aliphatic heterocycles. The Morgan fingerprint density at radius 3 is 3.06 bits per heavy atom. The molecule has 0 saturated carbocycles. The van der Waals surface area contributed by atoms with Crippen molar-refractivity contribution < 1.29 is 9.59 Å². The van der Waals surface area contributed by atoms with Crippen molar-refractivity contribution in [2.24, 2.45) is 5.92 Å². The highest BCUT2D eigenvalue weighted by Crippen LogP contribution is 2.28. The van der Waals surface area contributed by atoms with Crippen LogP contribution in [0.1, 0.15) is 19.0 Å². The largest absolute Gasteiger partial charge is 0.309 e. The Morgan fingerprint density at radius 2 is 2.39 bits per heavy atom. The van der Waals surface area contributed by atoms with Gasteiger partial charge in [0.2, 0.25) is 5.91 Å². The highest BCUT2D eigenvalue weighted by atomic mass is 32.2. The molecule has 1 fully saturated rings. The summed E-state index contributed by atoms with van der Waals surface area (Å²) in [6, 6.07) is 0. The van der Waals surface area contributed by atoms with Crippen LogP contribution in [0.3, 0.4) is 0 Å². The molecule has 1 aliphatic rings. The Balaban J connectivity index is 2.06. The molecule has 2 rings (SSSR count). The fourth-order valence-corrected chi connectivity index (χ4v) is 2.70. The summed E-state index contributed by atoms with van der Waals surface area (Å²) >= 11 is 1.28. The summed E-state index contributed by atoms with van der Waals surface area (Å²) in [6.45, 7) is 4.06. The maximum atomic E-state index is 12.0. The Hall–Kier alpha value is -1.43. The van der Waals surface area contributed by atoms with Crippen LogP contribution in [-0.4, -0.2) is 33.3 Å². The SMILES string of the molecule is CC(=O)SCC1CC(=O)N(c2cncnc2C)C1. The molecule has 0 N–H and O–H groups in total. The number of aromatic nitrogens is 2. The molecular formula is C12H15N3O2S. The van der Waals surface area contributed by atoms with Crippen molar-refractivity contribution in [3.63, 3.8) is 0 Å². The molecule has 5 nitrogen and oxygen atoms in total. The van der Waals surface area contributed by atoms with Crippen LogP contribution in [-0.2, 0) is 9.59 Å². The van der Waals surface area contributed by atoms with E-state index in [0.717, 1.165) is 11.4 Å². The summed E-state index contributed by atoms with van der Waals surface area (Å²) in [5.74, 6) is 1.01. The highest BCUT2D eigenvalue weighted by molar-refractivity contribution is 8.13. The molecule has 1 unspecified atom stereocenters. The average Bonchev–Trinajstić information content (AvgIpc) is 2.69. The molecule has 1 atom stereocenters. The lowest BCUT2D eigenvalue weighted by molar-refractivity contribution is -0.117. The normalized spacial score (nSPS) is 19.3. The molecular weight excluding hydrogens is 250 g/mol. The van der Waals surface area contributed by atoms with E-state index in [0.29, 0.717) is 18.7 Å². The number of carbonyl (C=O) groups is 2. The molecule has 0 bridgehead atoms. The number of thioether (sulfide) groups is 1. The summed E-state index contributed by atoms with van der Waals surface area (Å²) in [5, 5.41) is 0.0973. The molecule has 2 heterocycles. The highest BCUT2D eigenvalue weighted by Gasteiger charge is 2.31. The minimum atomic E-state index is 0.0852. The third kappa shape index (κ3) is 2.87. The standard InChI is InChI=1S/C12H15N3O2S/c1-8-11(4-13-7-14-8)15-5-10(3-12(15)17)6-18-9(2)16/h4,7,10H,3,5-6H2,1-2H3. The van der Waals surface area contributed by atoms with Gasteiger partial charge in [-0.25, -0.2) is 9.97 Å². The van der Waals surface area contributed by atoms with E-state index in [1.807, 2.05) is 6.92 Å². The Kier molecular flexibility index (Phi) is 3.96. The monoisotopic (exact) mass is 265 g/mol. The van der Waals surface area contributed by atoms with Gasteiger partial charge in [-0.3, -0.25) is 9.59 Å². The number of carbonyl (C=O) groups excluding carboxylic acids is 2. The first kappa shape index (κ1) is 13.0. The first-order chi connectivity index (χ1) is 8.58. The van der Waals surface area contributed by atoms with E-state index in [1.165, 1.54) is 18.1 Å².